The van der Waals surface area contributed by atoms with Crippen molar-refractivity contribution in [1.82, 2.24) is 0 Å². The van der Waals surface area contributed by atoms with Gasteiger partial charge in [-0.05, 0) is 25.1 Å². The van der Waals surface area contributed by atoms with Crippen LogP contribution in [0.2, 0.25) is 5.02 Å². The van der Waals surface area contributed by atoms with Gasteiger partial charge in [-0.25, -0.2) is 9.18 Å². The largest absolute Gasteiger partial charge is 0.450 e. The Morgan fingerprint density at radius 3 is 2.68 bits per heavy atom. The molecule has 0 bridgehead atoms. The molecule has 7 heteroatoms. The zero-order valence-electron chi connectivity index (χ0n) is 13.1. The lowest BCUT2D eigenvalue weighted by Gasteiger charge is -2.06. The molecular formula is C18H13ClFNO4. The number of esters is 1. The highest BCUT2D eigenvalue weighted by Gasteiger charge is 2.21. The molecule has 3 aromatic rings. The highest BCUT2D eigenvalue weighted by atomic mass is 35.5. The quantitative estimate of drug-likeness (QED) is 0.702. The number of ether oxygens (including phenoxy) is 1. The molecule has 0 aliphatic heterocycles. The van der Waals surface area contributed by atoms with Crippen molar-refractivity contribution in [1.29, 1.82) is 0 Å². The van der Waals surface area contributed by atoms with E-state index in [2.05, 4.69) is 5.32 Å². The maximum atomic E-state index is 13.5. The van der Waals surface area contributed by atoms with Gasteiger partial charge in [0.25, 0.3) is 5.91 Å². The zero-order valence-corrected chi connectivity index (χ0v) is 13.9. The standard InChI is InChI=1S/C18H13ClFNO4/c1-10-11-5-4-6-12(19)17(11)25-16(10)18(23)24-9-15(22)21-14-8-3-2-7-13(14)20/h2-8H,9H2,1H3,(H,21,22). The fourth-order valence-electron chi connectivity index (χ4n) is 2.35. The maximum absolute atomic E-state index is 13.5. The number of carbonyl (C=O) groups is 2. The van der Waals surface area contributed by atoms with Gasteiger partial charge in [-0.1, -0.05) is 35.9 Å². The minimum absolute atomic E-state index is 0.00949. The third-order valence-corrected chi connectivity index (χ3v) is 3.88. The van der Waals surface area contributed by atoms with Crippen molar-refractivity contribution in [2.45, 2.75) is 6.92 Å². The summed E-state index contributed by atoms with van der Waals surface area (Å²) in [6.07, 6.45) is 0. The van der Waals surface area contributed by atoms with E-state index in [9.17, 15) is 14.0 Å². The van der Waals surface area contributed by atoms with Gasteiger partial charge in [-0.15, -0.1) is 0 Å². The van der Waals surface area contributed by atoms with E-state index in [4.69, 9.17) is 20.8 Å². The maximum Gasteiger partial charge on any atom is 0.375 e. The fraction of sp³-hybridized carbons (Fsp3) is 0.111. The second-order valence-corrected chi connectivity index (χ2v) is 5.68. The molecule has 0 fully saturated rings. The van der Waals surface area contributed by atoms with Gasteiger partial charge < -0.3 is 14.5 Å². The number of nitrogens with one attached hydrogen (secondary N) is 1. The summed E-state index contributed by atoms with van der Waals surface area (Å²) in [5.41, 5.74) is 0.955. The Hall–Kier alpha value is -2.86. The lowest BCUT2D eigenvalue weighted by atomic mass is 10.1. The molecule has 5 nitrogen and oxygen atoms in total. The molecule has 1 N–H and O–H groups in total. The van der Waals surface area contributed by atoms with E-state index in [1.54, 1.807) is 31.2 Å². The molecule has 2 aromatic carbocycles. The van der Waals surface area contributed by atoms with Gasteiger partial charge in [-0.3, -0.25) is 4.79 Å². The summed E-state index contributed by atoms with van der Waals surface area (Å²) in [4.78, 5) is 24.0. The first kappa shape index (κ1) is 17.0. The van der Waals surface area contributed by atoms with Crippen LogP contribution in [-0.4, -0.2) is 18.5 Å². The lowest BCUT2D eigenvalue weighted by Crippen LogP contribution is -2.21. The van der Waals surface area contributed by atoms with Crippen LogP contribution in [0.3, 0.4) is 0 Å². The molecule has 0 radical (unpaired) electrons. The first-order chi connectivity index (χ1) is 12.0. The van der Waals surface area contributed by atoms with E-state index in [0.717, 1.165) is 0 Å². The highest BCUT2D eigenvalue weighted by Crippen LogP contribution is 2.30. The van der Waals surface area contributed by atoms with Crippen LogP contribution in [-0.2, 0) is 9.53 Å². The number of furan rings is 1. The lowest BCUT2D eigenvalue weighted by molar-refractivity contribution is -0.119. The Labute approximate surface area is 147 Å². The van der Waals surface area contributed by atoms with Crippen molar-refractivity contribution in [3.05, 3.63) is 64.6 Å². The number of carbonyl (C=O) groups excluding carboxylic acids is 2. The molecule has 3 rings (SSSR count). The van der Waals surface area contributed by atoms with Crippen LogP contribution in [0, 0.1) is 12.7 Å². The summed E-state index contributed by atoms with van der Waals surface area (Å²) in [5, 5.41) is 3.39. The summed E-state index contributed by atoms with van der Waals surface area (Å²) >= 11 is 6.03. The molecule has 0 saturated heterocycles. The first-order valence-electron chi connectivity index (χ1n) is 7.36. The van der Waals surface area contributed by atoms with Gasteiger partial charge in [0.2, 0.25) is 5.76 Å². The van der Waals surface area contributed by atoms with E-state index in [1.807, 2.05) is 0 Å². The molecular weight excluding hydrogens is 349 g/mol. The van der Waals surface area contributed by atoms with E-state index in [1.165, 1.54) is 18.2 Å². The summed E-state index contributed by atoms with van der Waals surface area (Å²) in [7, 11) is 0. The number of aryl methyl sites for hydroxylation is 1. The normalized spacial score (nSPS) is 10.7. The molecule has 0 aliphatic carbocycles. The summed E-state index contributed by atoms with van der Waals surface area (Å²) in [6, 6.07) is 10.8. The molecule has 0 spiro atoms. The number of para-hydroxylation sites is 2. The Balaban J connectivity index is 1.69. The molecule has 1 amide bonds. The van der Waals surface area contributed by atoms with Gasteiger partial charge in [0, 0.05) is 10.9 Å². The number of hydrogen-bond acceptors (Lipinski definition) is 4. The van der Waals surface area contributed by atoms with E-state index < -0.39 is 24.3 Å². The Bertz CT molecular complexity index is 967. The summed E-state index contributed by atoms with van der Waals surface area (Å²) in [6.45, 7) is 1.12. The number of hydrogen-bond donors (Lipinski definition) is 1. The third-order valence-electron chi connectivity index (χ3n) is 3.58. The second-order valence-electron chi connectivity index (χ2n) is 5.28. The van der Waals surface area contributed by atoms with Crippen molar-refractivity contribution in [2.75, 3.05) is 11.9 Å². The van der Waals surface area contributed by atoms with Gasteiger partial charge in [-0.2, -0.15) is 0 Å². The molecule has 0 saturated carbocycles. The molecule has 0 unspecified atom stereocenters. The average Bonchev–Trinajstić information content (AvgIpc) is 2.93. The number of anilines is 1. The predicted molar refractivity (Wildman–Crippen MR) is 91.3 cm³/mol. The van der Waals surface area contributed by atoms with Gasteiger partial charge in [0.05, 0.1) is 10.7 Å². The molecule has 1 heterocycles. The molecule has 1 aromatic heterocycles. The molecule has 0 aliphatic rings. The fourth-order valence-corrected chi connectivity index (χ4v) is 2.56. The zero-order chi connectivity index (χ0) is 18.0. The van der Waals surface area contributed by atoms with E-state index in [-0.39, 0.29) is 11.4 Å². The highest BCUT2D eigenvalue weighted by molar-refractivity contribution is 6.35. The van der Waals surface area contributed by atoms with Gasteiger partial charge in [0.15, 0.2) is 12.2 Å². The monoisotopic (exact) mass is 361 g/mol. The van der Waals surface area contributed by atoms with Crippen molar-refractivity contribution in [2.24, 2.45) is 0 Å². The van der Waals surface area contributed by atoms with Crippen LogP contribution >= 0.6 is 11.6 Å². The van der Waals surface area contributed by atoms with Crippen LogP contribution in [0.15, 0.2) is 46.9 Å². The van der Waals surface area contributed by atoms with Gasteiger partial charge in [0.1, 0.15) is 5.82 Å². The molecule has 128 valence electrons. The smallest absolute Gasteiger partial charge is 0.375 e. The van der Waals surface area contributed by atoms with Crippen LogP contribution in [0.1, 0.15) is 16.1 Å². The van der Waals surface area contributed by atoms with Crippen molar-refractivity contribution in [3.63, 3.8) is 0 Å². The summed E-state index contributed by atoms with van der Waals surface area (Å²) in [5.74, 6) is -2.06. The molecule has 0 atom stereocenters. The van der Waals surface area contributed by atoms with Crippen LogP contribution in [0.5, 0.6) is 0 Å². The Kier molecular flexibility index (Phi) is 4.72. The number of rotatable bonds is 4. The second kappa shape index (κ2) is 6.94. The van der Waals surface area contributed by atoms with Crippen molar-refractivity contribution >= 4 is 40.1 Å². The topological polar surface area (TPSA) is 68.5 Å². The minimum atomic E-state index is -0.798. The SMILES string of the molecule is Cc1c(C(=O)OCC(=O)Nc2ccccc2F)oc2c(Cl)cccc12. The summed E-state index contributed by atoms with van der Waals surface area (Å²) < 4.78 is 23.9. The van der Waals surface area contributed by atoms with Crippen molar-refractivity contribution in [3.8, 4) is 0 Å². The van der Waals surface area contributed by atoms with Crippen LogP contribution in [0.4, 0.5) is 10.1 Å². The Morgan fingerprint density at radius 2 is 1.96 bits per heavy atom. The average molecular weight is 362 g/mol. The van der Waals surface area contributed by atoms with Crippen molar-refractivity contribution < 1.29 is 23.1 Å². The Morgan fingerprint density at radius 1 is 1.20 bits per heavy atom. The van der Waals surface area contributed by atoms with Crippen LogP contribution < -0.4 is 5.32 Å². The third kappa shape index (κ3) is 3.49. The number of amides is 1. The number of halogens is 2. The number of fused-ring (bicyclic) bond motifs is 1. The molecule has 25 heavy (non-hydrogen) atoms. The van der Waals surface area contributed by atoms with Gasteiger partial charge >= 0.3 is 5.97 Å². The first-order valence-corrected chi connectivity index (χ1v) is 7.74. The van der Waals surface area contributed by atoms with E-state index >= 15 is 0 Å². The minimum Gasteiger partial charge on any atom is -0.450 e. The van der Waals surface area contributed by atoms with Crippen LogP contribution in [0.25, 0.3) is 11.0 Å². The van der Waals surface area contributed by atoms with E-state index in [0.29, 0.717) is 21.6 Å². The number of benzene rings is 2. The predicted octanol–water partition coefficient (Wildman–Crippen LogP) is 4.33.